The summed E-state index contributed by atoms with van der Waals surface area (Å²) in [4.78, 5) is 25.5. The van der Waals surface area contributed by atoms with Crippen LogP contribution in [0, 0.1) is 10.1 Å². The highest BCUT2D eigenvalue weighted by atomic mass is 16.6. The van der Waals surface area contributed by atoms with Gasteiger partial charge in [0.25, 0.3) is 0 Å². The summed E-state index contributed by atoms with van der Waals surface area (Å²) in [5.41, 5.74) is 3.23. The van der Waals surface area contributed by atoms with E-state index in [1.807, 2.05) is 12.1 Å². The highest BCUT2D eigenvalue weighted by Gasteiger charge is 2.45. The maximum Gasteiger partial charge on any atom is 0.246 e. The van der Waals surface area contributed by atoms with Crippen LogP contribution < -0.4 is 0 Å². The Balaban J connectivity index is 2.00. The van der Waals surface area contributed by atoms with Crippen LogP contribution in [-0.4, -0.2) is 32.9 Å². The number of amides is 1. The molecule has 6 nitrogen and oxygen atoms in total. The first-order valence-corrected chi connectivity index (χ1v) is 8.30. The van der Waals surface area contributed by atoms with Crippen molar-refractivity contribution in [2.75, 3.05) is 6.54 Å². The van der Waals surface area contributed by atoms with Crippen LogP contribution in [0.1, 0.15) is 30.1 Å². The predicted octanol–water partition coefficient (Wildman–Crippen LogP) is 2.69. The minimum atomic E-state index is -0.765. The number of aryl methyl sites for hydroxylation is 1. The minimum absolute atomic E-state index is 0.212. The smallest absolute Gasteiger partial charge is 0.246 e. The molecule has 0 radical (unpaired) electrons. The van der Waals surface area contributed by atoms with Crippen LogP contribution in [0.3, 0.4) is 0 Å². The van der Waals surface area contributed by atoms with Crippen molar-refractivity contribution in [2.45, 2.75) is 37.9 Å². The zero-order valence-electron chi connectivity index (χ0n) is 13.4. The lowest BCUT2D eigenvalue weighted by atomic mass is 9.91. The SMILES string of the molecule is C=CC(=O)N1CCc2c3n(c4ccccc24)CCC[C@@H]([N+](=O)[O-])[C@H]31. The normalized spacial score (nSPS) is 22.8. The number of carbonyl (C=O) groups is 1. The highest BCUT2D eigenvalue weighted by Crippen LogP contribution is 2.42. The van der Waals surface area contributed by atoms with Crippen LogP contribution in [0.2, 0.25) is 0 Å². The van der Waals surface area contributed by atoms with Crippen molar-refractivity contribution < 1.29 is 9.72 Å². The number of hydrogen-bond acceptors (Lipinski definition) is 3. The first-order chi connectivity index (χ1) is 11.6. The fraction of sp³-hybridized carbons (Fsp3) is 0.389. The number of nitro groups is 1. The molecule has 0 aliphatic carbocycles. The van der Waals surface area contributed by atoms with Gasteiger partial charge in [0.15, 0.2) is 0 Å². The van der Waals surface area contributed by atoms with E-state index >= 15 is 0 Å². The van der Waals surface area contributed by atoms with Gasteiger partial charge in [0.2, 0.25) is 11.9 Å². The number of fused-ring (bicyclic) bond motifs is 3. The van der Waals surface area contributed by atoms with Crippen molar-refractivity contribution in [3.63, 3.8) is 0 Å². The van der Waals surface area contributed by atoms with Gasteiger partial charge in [-0.25, -0.2) is 0 Å². The molecule has 0 saturated heterocycles. The number of para-hydroxylation sites is 1. The van der Waals surface area contributed by atoms with E-state index in [9.17, 15) is 14.9 Å². The molecule has 0 fully saturated rings. The molecule has 6 heteroatoms. The topological polar surface area (TPSA) is 68.4 Å². The number of rotatable bonds is 2. The number of benzene rings is 1. The molecule has 0 N–H and O–H groups in total. The molecule has 3 heterocycles. The first-order valence-electron chi connectivity index (χ1n) is 8.30. The lowest BCUT2D eigenvalue weighted by Crippen LogP contribution is -2.46. The van der Waals surface area contributed by atoms with E-state index in [2.05, 4.69) is 23.3 Å². The van der Waals surface area contributed by atoms with E-state index in [1.54, 1.807) is 4.90 Å². The lowest BCUT2D eigenvalue weighted by Gasteiger charge is -2.36. The van der Waals surface area contributed by atoms with Gasteiger partial charge in [-0.15, -0.1) is 0 Å². The molecule has 124 valence electrons. The molecule has 2 aromatic rings. The zero-order valence-corrected chi connectivity index (χ0v) is 13.4. The summed E-state index contributed by atoms with van der Waals surface area (Å²) >= 11 is 0. The second kappa shape index (κ2) is 5.47. The Morgan fingerprint density at radius 3 is 2.88 bits per heavy atom. The second-order valence-corrected chi connectivity index (χ2v) is 6.46. The molecule has 1 aromatic heterocycles. The van der Waals surface area contributed by atoms with Crippen LogP contribution in [0.5, 0.6) is 0 Å². The molecule has 0 saturated carbocycles. The van der Waals surface area contributed by atoms with Gasteiger partial charge in [-0.2, -0.15) is 0 Å². The van der Waals surface area contributed by atoms with Crippen molar-refractivity contribution in [3.8, 4) is 0 Å². The maximum atomic E-state index is 12.4. The highest BCUT2D eigenvalue weighted by molar-refractivity contribution is 5.90. The summed E-state index contributed by atoms with van der Waals surface area (Å²) in [5, 5.41) is 12.9. The average Bonchev–Trinajstić information content (AvgIpc) is 2.77. The van der Waals surface area contributed by atoms with Crippen LogP contribution in [0.4, 0.5) is 0 Å². The summed E-state index contributed by atoms with van der Waals surface area (Å²) in [5.74, 6) is -0.226. The Morgan fingerprint density at radius 1 is 1.33 bits per heavy atom. The summed E-state index contributed by atoms with van der Waals surface area (Å²) in [6.07, 6.45) is 3.21. The zero-order chi connectivity index (χ0) is 16.8. The van der Waals surface area contributed by atoms with E-state index in [0.29, 0.717) is 13.0 Å². The van der Waals surface area contributed by atoms with Crippen molar-refractivity contribution >= 4 is 16.8 Å². The van der Waals surface area contributed by atoms with Gasteiger partial charge in [-0.05, 0) is 30.5 Å². The van der Waals surface area contributed by atoms with Gasteiger partial charge in [-0.3, -0.25) is 14.9 Å². The van der Waals surface area contributed by atoms with E-state index in [0.717, 1.165) is 41.5 Å². The lowest BCUT2D eigenvalue weighted by molar-refractivity contribution is -0.532. The Morgan fingerprint density at radius 2 is 2.12 bits per heavy atom. The molecule has 4 rings (SSSR count). The van der Waals surface area contributed by atoms with Crippen LogP contribution in [0.15, 0.2) is 36.9 Å². The third kappa shape index (κ3) is 1.99. The molecule has 0 unspecified atom stereocenters. The predicted molar refractivity (Wildman–Crippen MR) is 90.3 cm³/mol. The van der Waals surface area contributed by atoms with E-state index in [-0.39, 0.29) is 10.8 Å². The quantitative estimate of drug-likeness (QED) is 0.484. The summed E-state index contributed by atoms with van der Waals surface area (Å²) in [7, 11) is 0. The summed E-state index contributed by atoms with van der Waals surface area (Å²) < 4.78 is 2.20. The van der Waals surface area contributed by atoms with Gasteiger partial charge < -0.3 is 9.47 Å². The van der Waals surface area contributed by atoms with Crippen LogP contribution >= 0.6 is 0 Å². The molecule has 2 atom stereocenters. The second-order valence-electron chi connectivity index (χ2n) is 6.46. The molecule has 2 aliphatic rings. The standard InChI is InChI=1S/C18H19N3O3/c1-2-16(22)20-11-9-13-12-6-3-4-7-14(12)19-10-5-8-15(21(23)24)18(20)17(13)19/h2-4,6-7,15,18H,1,5,8-11H2/t15-,18-/m1/s1. The third-order valence-corrected chi connectivity index (χ3v) is 5.31. The summed E-state index contributed by atoms with van der Waals surface area (Å²) in [6, 6.07) is 6.86. The van der Waals surface area contributed by atoms with Crippen LogP contribution in [-0.2, 0) is 17.8 Å². The first kappa shape index (κ1) is 14.9. The van der Waals surface area contributed by atoms with E-state index in [1.165, 1.54) is 6.08 Å². The number of nitrogens with zero attached hydrogens (tertiary/aromatic N) is 3. The van der Waals surface area contributed by atoms with Gasteiger partial charge in [0.1, 0.15) is 6.04 Å². The average molecular weight is 325 g/mol. The summed E-state index contributed by atoms with van der Waals surface area (Å²) in [6.45, 7) is 4.83. The van der Waals surface area contributed by atoms with Crippen molar-refractivity contribution in [3.05, 3.63) is 58.3 Å². The molecule has 2 aliphatic heterocycles. The Hall–Kier alpha value is -2.63. The van der Waals surface area contributed by atoms with E-state index in [4.69, 9.17) is 0 Å². The van der Waals surface area contributed by atoms with Crippen molar-refractivity contribution in [2.24, 2.45) is 0 Å². The number of carbonyl (C=O) groups excluding carboxylic acids is 1. The Bertz CT molecular complexity index is 855. The number of hydrogen-bond donors (Lipinski definition) is 0. The fourth-order valence-corrected chi connectivity index (χ4v) is 4.35. The molecule has 0 bridgehead atoms. The molecule has 0 spiro atoms. The molecular formula is C18H19N3O3. The molecular weight excluding hydrogens is 306 g/mol. The van der Waals surface area contributed by atoms with Gasteiger partial charge in [-0.1, -0.05) is 24.8 Å². The van der Waals surface area contributed by atoms with E-state index < -0.39 is 12.1 Å². The Kier molecular flexibility index (Phi) is 3.40. The van der Waals surface area contributed by atoms with Crippen LogP contribution in [0.25, 0.3) is 10.9 Å². The van der Waals surface area contributed by atoms with Gasteiger partial charge in [0.05, 0.1) is 5.69 Å². The van der Waals surface area contributed by atoms with Crippen molar-refractivity contribution in [1.82, 2.24) is 9.47 Å². The van der Waals surface area contributed by atoms with Crippen molar-refractivity contribution in [1.29, 1.82) is 0 Å². The fourth-order valence-electron chi connectivity index (χ4n) is 4.35. The van der Waals surface area contributed by atoms with Gasteiger partial charge >= 0.3 is 0 Å². The largest absolute Gasteiger partial charge is 0.342 e. The monoisotopic (exact) mass is 325 g/mol. The third-order valence-electron chi connectivity index (χ3n) is 5.31. The molecule has 24 heavy (non-hydrogen) atoms. The molecule has 1 aromatic carbocycles. The maximum absolute atomic E-state index is 12.4. The Labute approximate surface area is 139 Å². The molecule has 1 amide bonds. The van der Waals surface area contributed by atoms with Gasteiger partial charge in [0, 0.05) is 35.3 Å². The number of aromatic nitrogens is 1. The minimum Gasteiger partial charge on any atom is -0.342 e.